The average Bonchev–Trinajstić information content (AvgIpc) is 3.21. The van der Waals surface area contributed by atoms with Crippen LogP contribution in [-0.2, 0) is 30.8 Å². The van der Waals surface area contributed by atoms with Crippen LogP contribution in [0.1, 0.15) is 121 Å². The van der Waals surface area contributed by atoms with Crippen molar-refractivity contribution in [3.05, 3.63) is 87.5 Å². The predicted molar refractivity (Wildman–Crippen MR) is 163 cm³/mol. The maximum absolute atomic E-state index is 11.7. The molecule has 2 aromatic carbocycles. The van der Waals surface area contributed by atoms with Gasteiger partial charge in [0.05, 0.1) is 0 Å². The zero-order valence-electron chi connectivity index (χ0n) is 25.0. The van der Waals surface area contributed by atoms with Gasteiger partial charge < -0.3 is 5.53 Å². The molecule has 212 valence electrons. The van der Waals surface area contributed by atoms with E-state index in [0.717, 1.165) is 85.4 Å². The molecule has 0 amide bonds. The Morgan fingerprint density at radius 2 is 0.868 bits per heavy atom. The Kier molecular flexibility index (Phi) is 15.7. The summed E-state index contributed by atoms with van der Waals surface area (Å²) in [5.41, 5.74) is 21.4. The Bertz CT molecular complexity index is 1030. The molecule has 0 atom stereocenters. The standard InChI is InChI=1S/C33H46N2.2CH3.Pd/c1-5-9-13-17-31-30(16-12-8-4)32(28-22-18-26(19-23-28)14-10-6-2)35(34)33(31)29-24-20-27(21-25-29)15-11-7-3;;;/h18-25H,5-17H2,1-4H3;2*1H3;. The number of benzene rings is 2. The molecule has 0 fully saturated rings. The molecule has 0 aliphatic carbocycles. The van der Waals surface area contributed by atoms with Gasteiger partial charge in [0.25, 0.3) is 0 Å². The Morgan fingerprint density at radius 1 is 0.526 bits per heavy atom. The van der Waals surface area contributed by atoms with Gasteiger partial charge in [-0.05, 0) is 86.8 Å². The van der Waals surface area contributed by atoms with E-state index in [-0.39, 0.29) is 0 Å². The molecule has 0 bridgehead atoms. The van der Waals surface area contributed by atoms with Crippen LogP contribution in [-0.4, -0.2) is 4.70 Å². The molecule has 0 aromatic heterocycles. The first-order chi connectivity index (χ1) is 18.6. The number of nitrogens with zero attached hydrogens (tertiary/aromatic N) is 2. The normalized spacial score (nSPS) is 13.4. The van der Waals surface area contributed by atoms with E-state index in [4.69, 9.17) is 0 Å². The first kappa shape index (κ1) is 32.4. The molecule has 3 heteroatoms. The van der Waals surface area contributed by atoms with Crippen molar-refractivity contribution in [3.8, 4) is 0 Å². The summed E-state index contributed by atoms with van der Waals surface area (Å²) in [6, 6.07) is 17.9. The van der Waals surface area contributed by atoms with Gasteiger partial charge in [-0.25, -0.2) is 4.70 Å². The van der Waals surface area contributed by atoms with Gasteiger partial charge in [-0.2, -0.15) is 0 Å². The Hall–Kier alpha value is -1.82. The van der Waals surface area contributed by atoms with Crippen molar-refractivity contribution in [3.63, 3.8) is 0 Å². The van der Waals surface area contributed by atoms with Crippen LogP contribution in [0.25, 0.3) is 16.9 Å². The van der Waals surface area contributed by atoms with Crippen molar-refractivity contribution < 1.29 is 22.7 Å². The van der Waals surface area contributed by atoms with Gasteiger partial charge in [-0.3, -0.25) is 0 Å². The van der Waals surface area contributed by atoms with E-state index >= 15 is 0 Å². The summed E-state index contributed by atoms with van der Waals surface area (Å²) in [7, 11) is 0. The van der Waals surface area contributed by atoms with E-state index in [1.807, 2.05) is 0 Å². The van der Waals surface area contributed by atoms with Crippen LogP contribution in [0.2, 0.25) is 10.8 Å². The molecule has 0 saturated carbocycles. The number of hydrogen-bond acceptors (Lipinski definition) is 0. The topological polar surface area (TPSA) is 25.3 Å². The maximum atomic E-state index is 11.7. The molecule has 0 N–H and O–H groups in total. The fraction of sp³-hybridized carbons (Fsp3) is 0.543. The second-order valence-electron chi connectivity index (χ2n) is 10.4. The molecular weight excluding hydrogens is 555 g/mol. The van der Waals surface area contributed by atoms with E-state index in [9.17, 15) is 5.53 Å². The summed E-state index contributed by atoms with van der Waals surface area (Å²) in [5.74, 6) is 0. The van der Waals surface area contributed by atoms with E-state index in [2.05, 4.69) is 87.0 Å². The van der Waals surface area contributed by atoms with Crippen molar-refractivity contribution in [2.75, 3.05) is 0 Å². The van der Waals surface area contributed by atoms with E-state index in [1.54, 1.807) is 0 Å². The summed E-state index contributed by atoms with van der Waals surface area (Å²) in [5, 5.41) is 4.35. The van der Waals surface area contributed by atoms with Crippen molar-refractivity contribution in [1.82, 2.24) is 0 Å². The van der Waals surface area contributed by atoms with Crippen LogP contribution in [0.3, 0.4) is 0 Å². The van der Waals surface area contributed by atoms with Gasteiger partial charge in [0.15, 0.2) is 0 Å². The summed E-state index contributed by atoms with van der Waals surface area (Å²) in [4.78, 5) is 0. The van der Waals surface area contributed by atoms with E-state index in [1.165, 1.54) is 65.5 Å². The summed E-state index contributed by atoms with van der Waals surface area (Å²) in [6.45, 7) is 9.00. The minimum absolute atomic E-state index is 0.950. The summed E-state index contributed by atoms with van der Waals surface area (Å²) >= 11 is 0.950. The Balaban J connectivity index is 0.00000161. The Morgan fingerprint density at radius 3 is 1.24 bits per heavy atom. The number of aryl methyl sites for hydroxylation is 2. The second-order valence-corrected chi connectivity index (χ2v) is 12.0. The third kappa shape index (κ3) is 9.43. The molecule has 0 radical (unpaired) electrons. The monoisotopic (exact) mass is 606 g/mol. The first-order valence-corrected chi connectivity index (χ1v) is 18.0. The van der Waals surface area contributed by atoms with Gasteiger partial charge in [-0.1, -0.05) is 84.1 Å². The molecule has 2 nitrogen and oxygen atoms in total. The molecule has 1 aliphatic heterocycles. The molecular formula is C35H52N2Pd. The zero-order chi connectivity index (χ0) is 27.8. The molecule has 3 rings (SSSR count). The van der Waals surface area contributed by atoms with Crippen LogP contribution >= 0.6 is 0 Å². The van der Waals surface area contributed by atoms with Gasteiger partial charge in [0, 0.05) is 22.3 Å². The van der Waals surface area contributed by atoms with Crippen LogP contribution in [0.4, 0.5) is 0 Å². The minimum atomic E-state index is 0.950. The van der Waals surface area contributed by atoms with Gasteiger partial charge in [0.1, 0.15) is 0 Å². The van der Waals surface area contributed by atoms with E-state index < -0.39 is 0 Å². The molecule has 38 heavy (non-hydrogen) atoms. The predicted octanol–water partition coefficient (Wildman–Crippen LogP) is 11.5. The molecule has 0 saturated heterocycles. The Labute approximate surface area is 242 Å². The molecule has 0 spiro atoms. The summed E-state index contributed by atoms with van der Waals surface area (Å²) < 4.78 is 1.52. The van der Waals surface area contributed by atoms with Gasteiger partial charge in [0.2, 0.25) is 11.4 Å². The summed E-state index contributed by atoms with van der Waals surface area (Å²) in [6.07, 6.45) is 15.0. The fourth-order valence-electron chi connectivity index (χ4n) is 5.11. The number of hydrogen-bond donors (Lipinski definition) is 0. The van der Waals surface area contributed by atoms with E-state index in [0.29, 0.717) is 0 Å². The molecule has 0 unspecified atom stereocenters. The van der Waals surface area contributed by atoms with Crippen molar-refractivity contribution in [1.29, 1.82) is 0 Å². The van der Waals surface area contributed by atoms with Crippen LogP contribution in [0, 0.1) is 0 Å². The number of allylic oxidation sites excluding steroid dienone is 2. The third-order valence-electron chi connectivity index (χ3n) is 7.26. The first-order valence-electron chi connectivity index (χ1n) is 14.9. The average molecular weight is 607 g/mol. The SMILES string of the molecule is CCCCCC1=C(c2ccc(CCCC)cc2)[N+](=[N-])C(c2ccc(CCCC)cc2)=C1CCCC.[CH3][Pd][CH3]. The van der Waals surface area contributed by atoms with Crippen molar-refractivity contribution >= 4 is 11.4 Å². The zero-order valence-corrected chi connectivity index (χ0v) is 26.6. The van der Waals surface area contributed by atoms with Crippen LogP contribution < -0.4 is 0 Å². The number of rotatable bonds is 15. The van der Waals surface area contributed by atoms with Gasteiger partial charge >= 0.3 is 28.8 Å². The molecule has 1 aliphatic rings. The molecule has 2 aromatic rings. The molecule has 1 heterocycles. The van der Waals surface area contributed by atoms with Crippen molar-refractivity contribution in [2.24, 2.45) is 0 Å². The fourth-order valence-corrected chi connectivity index (χ4v) is 5.11. The quantitative estimate of drug-likeness (QED) is 0.109. The number of unbranched alkanes of at least 4 members (excludes halogenated alkanes) is 5. The third-order valence-corrected chi connectivity index (χ3v) is 7.26. The van der Waals surface area contributed by atoms with Crippen LogP contribution in [0.5, 0.6) is 0 Å². The van der Waals surface area contributed by atoms with Crippen molar-refractivity contribution in [2.45, 2.75) is 122 Å². The van der Waals surface area contributed by atoms with Crippen LogP contribution in [0.15, 0.2) is 59.7 Å². The van der Waals surface area contributed by atoms with Gasteiger partial charge in [-0.15, -0.1) is 0 Å². The second kappa shape index (κ2) is 18.5.